The maximum atomic E-state index is 12.3. The lowest BCUT2D eigenvalue weighted by atomic mass is 9.98. The lowest BCUT2D eigenvalue weighted by Gasteiger charge is -2.31. The molecule has 1 aliphatic heterocycles. The number of carbonyl (C=O) groups is 1. The third kappa shape index (κ3) is 7.67. The highest BCUT2D eigenvalue weighted by molar-refractivity contribution is 5.83. The molecule has 0 atom stereocenters. The van der Waals surface area contributed by atoms with E-state index in [1.54, 1.807) is 0 Å². The molecule has 2 aromatic rings. The van der Waals surface area contributed by atoms with E-state index in [-0.39, 0.29) is 0 Å². The summed E-state index contributed by atoms with van der Waals surface area (Å²) in [6, 6.07) is 7.48. The van der Waals surface area contributed by atoms with E-state index >= 15 is 0 Å². The number of likely N-dealkylation sites (tertiary alicyclic amines) is 1. The zero-order chi connectivity index (χ0) is 23.8. The molecule has 0 unspecified atom stereocenters. The van der Waals surface area contributed by atoms with Gasteiger partial charge in [-0.2, -0.15) is 5.10 Å². The number of benzene rings is 1. The number of nitrogens with zero attached hydrogens (tertiary/aromatic N) is 3. The van der Waals surface area contributed by atoms with E-state index < -0.39 is 6.09 Å². The molecule has 182 valence electrons. The minimum Gasteiger partial charge on any atom is -0.493 e. The summed E-state index contributed by atoms with van der Waals surface area (Å²) in [5, 5.41) is 7.30. The summed E-state index contributed by atoms with van der Waals surface area (Å²) in [7, 11) is 0. The average Bonchev–Trinajstić information content (AvgIpc) is 3.11. The van der Waals surface area contributed by atoms with Crippen LogP contribution in [0.4, 0.5) is 16.3 Å². The van der Waals surface area contributed by atoms with Gasteiger partial charge >= 0.3 is 6.09 Å². The van der Waals surface area contributed by atoms with Gasteiger partial charge in [0.15, 0.2) is 5.82 Å². The van der Waals surface area contributed by atoms with Gasteiger partial charge in [0.25, 0.3) is 0 Å². The molecule has 1 amide bonds. The van der Waals surface area contributed by atoms with Crippen molar-refractivity contribution >= 4 is 17.6 Å². The molecule has 3 N–H and O–H groups in total. The second-order valence-electron chi connectivity index (χ2n) is 9.41. The largest absolute Gasteiger partial charge is 0.493 e. The Morgan fingerprint density at radius 3 is 2.73 bits per heavy atom. The summed E-state index contributed by atoms with van der Waals surface area (Å²) in [5.74, 6) is 2.12. The number of piperidine rings is 1. The molecule has 0 spiro atoms. The smallest absolute Gasteiger partial charge is 0.412 e. The van der Waals surface area contributed by atoms with Crippen LogP contribution >= 0.6 is 0 Å². The molecule has 0 aliphatic carbocycles. The molecule has 1 aromatic heterocycles. The van der Waals surface area contributed by atoms with Gasteiger partial charge in [-0.15, -0.1) is 0 Å². The zero-order valence-electron chi connectivity index (χ0n) is 20.5. The highest BCUT2D eigenvalue weighted by atomic mass is 16.5. The molecule has 33 heavy (non-hydrogen) atoms. The number of aryl methyl sites for hydroxylation is 1. The maximum Gasteiger partial charge on any atom is 0.412 e. The van der Waals surface area contributed by atoms with Gasteiger partial charge < -0.3 is 20.1 Å². The fourth-order valence-electron chi connectivity index (χ4n) is 4.04. The van der Waals surface area contributed by atoms with Gasteiger partial charge in [0.05, 0.1) is 19.8 Å². The Labute approximate surface area is 197 Å². The fraction of sp³-hybridized carbons (Fsp3) is 0.600. The summed E-state index contributed by atoms with van der Waals surface area (Å²) < 4.78 is 13.3. The SMILES string of the molecule is CCCN1CCC(COC(=O)Nc2cc(C)n(Cc3cc(N)ccc3OCC(C)C)n2)CC1. The lowest BCUT2D eigenvalue weighted by molar-refractivity contribution is 0.105. The molecule has 3 rings (SSSR count). The Hall–Kier alpha value is -2.74. The first-order valence-electron chi connectivity index (χ1n) is 12.1. The van der Waals surface area contributed by atoms with Crippen LogP contribution in [-0.4, -0.2) is 53.6 Å². The number of nitrogens with one attached hydrogen (secondary N) is 1. The van der Waals surface area contributed by atoms with E-state index in [4.69, 9.17) is 15.2 Å². The molecule has 1 aromatic carbocycles. The third-order valence-electron chi connectivity index (χ3n) is 5.89. The highest BCUT2D eigenvalue weighted by Crippen LogP contribution is 2.24. The van der Waals surface area contributed by atoms with Gasteiger partial charge in [0.2, 0.25) is 0 Å². The Kier molecular flexibility index (Phi) is 9.00. The van der Waals surface area contributed by atoms with E-state index in [1.165, 1.54) is 6.42 Å². The van der Waals surface area contributed by atoms with Crippen LogP contribution in [0.15, 0.2) is 24.3 Å². The molecule has 2 heterocycles. The van der Waals surface area contributed by atoms with Gasteiger partial charge in [-0.3, -0.25) is 10.00 Å². The Morgan fingerprint density at radius 2 is 2.03 bits per heavy atom. The van der Waals surface area contributed by atoms with Crippen molar-refractivity contribution in [3.05, 3.63) is 35.5 Å². The Bertz CT molecular complexity index is 903. The maximum absolute atomic E-state index is 12.3. The first-order valence-corrected chi connectivity index (χ1v) is 12.1. The van der Waals surface area contributed by atoms with Crippen molar-refractivity contribution in [1.29, 1.82) is 0 Å². The first-order chi connectivity index (χ1) is 15.8. The van der Waals surface area contributed by atoms with Crippen molar-refractivity contribution in [2.45, 2.75) is 53.5 Å². The van der Waals surface area contributed by atoms with E-state index in [0.29, 0.717) is 43.1 Å². The van der Waals surface area contributed by atoms with E-state index in [2.05, 4.69) is 36.1 Å². The van der Waals surface area contributed by atoms with E-state index in [9.17, 15) is 4.79 Å². The molecule has 8 nitrogen and oxygen atoms in total. The van der Waals surface area contributed by atoms with Crippen molar-refractivity contribution in [3.63, 3.8) is 0 Å². The van der Waals surface area contributed by atoms with Crippen molar-refractivity contribution in [3.8, 4) is 5.75 Å². The summed E-state index contributed by atoms with van der Waals surface area (Å²) >= 11 is 0. The number of aromatic nitrogens is 2. The predicted molar refractivity (Wildman–Crippen MR) is 132 cm³/mol. The van der Waals surface area contributed by atoms with Gasteiger partial charge in [-0.05, 0) is 75.9 Å². The van der Waals surface area contributed by atoms with Gasteiger partial charge in [-0.1, -0.05) is 20.8 Å². The monoisotopic (exact) mass is 457 g/mol. The Morgan fingerprint density at radius 1 is 1.27 bits per heavy atom. The highest BCUT2D eigenvalue weighted by Gasteiger charge is 2.20. The van der Waals surface area contributed by atoms with E-state index in [1.807, 2.05) is 35.9 Å². The number of amides is 1. The quantitative estimate of drug-likeness (QED) is 0.509. The van der Waals surface area contributed by atoms with Crippen LogP contribution in [0, 0.1) is 18.8 Å². The number of nitrogen functional groups attached to an aromatic ring is 1. The van der Waals surface area contributed by atoms with Crippen LogP contribution in [0.1, 0.15) is 51.3 Å². The number of anilines is 2. The summed E-state index contributed by atoms with van der Waals surface area (Å²) in [5.41, 5.74) is 8.55. The van der Waals surface area contributed by atoms with Crippen molar-refractivity contribution in [2.75, 3.05) is 43.9 Å². The molecule has 0 radical (unpaired) electrons. The Balaban J connectivity index is 1.53. The number of carbonyl (C=O) groups excluding carboxylic acids is 1. The number of hydrogen-bond acceptors (Lipinski definition) is 6. The number of ether oxygens (including phenoxy) is 2. The molecule has 8 heteroatoms. The van der Waals surface area contributed by atoms with Crippen LogP contribution in [-0.2, 0) is 11.3 Å². The summed E-state index contributed by atoms with van der Waals surface area (Å²) in [6.45, 7) is 13.3. The van der Waals surface area contributed by atoms with E-state index in [0.717, 1.165) is 49.5 Å². The number of nitrogens with two attached hydrogens (primary N) is 1. The number of hydrogen-bond donors (Lipinski definition) is 2. The summed E-state index contributed by atoms with van der Waals surface area (Å²) in [4.78, 5) is 14.8. The third-order valence-corrected chi connectivity index (χ3v) is 5.89. The van der Waals surface area contributed by atoms with Crippen molar-refractivity contribution in [1.82, 2.24) is 14.7 Å². The molecule has 0 saturated carbocycles. The van der Waals surface area contributed by atoms with Gasteiger partial charge in [0.1, 0.15) is 5.75 Å². The van der Waals surface area contributed by atoms with Crippen LogP contribution in [0.5, 0.6) is 5.75 Å². The minimum absolute atomic E-state index is 0.424. The fourth-order valence-corrected chi connectivity index (χ4v) is 4.04. The second-order valence-corrected chi connectivity index (χ2v) is 9.41. The van der Waals surface area contributed by atoms with Gasteiger partial charge in [-0.25, -0.2) is 4.79 Å². The molecule has 1 aliphatic rings. The van der Waals surface area contributed by atoms with Crippen molar-refractivity contribution < 1.29 is 14.3 Å². The first kappa shape index (κ1) is 24.9. The average molecular weight is 458 g/mol. The zero-order valence-corrected chi connectivity index (χ0v) is 20.5. The second kappa shape index (κ2) is 11.9. The van der Waals surface area contributed by atoms with Crippen molar-refractivity contribution in [2.24, 2.45) is 11.8 Å². The predicted octanol–water partition coefficient (Wildman–Crippen LogP) is 4.53. The van der Waals surface area contributed by atoms with Crippen LogP contribution in [0.3, 0.4) is 0 Å². The number of rotatable bonds is 10. The molecule has 1 fully saturated rings. The summed E-state index contributed by atoms with van der Waals surface area (Å²) in [6.07, 6.45) is 2.87. The molecule has 1 saturated heterocycles. The molecular weight excluding hydrogens is 418 g/mol. The van der Waals surface area contributed by atoms with Crippen LogP contribution in [0.25, 0.3) is 0 Å². The standard InChI is InChI=1S/C25H39N5O3/c1-5-10-29-11-8-20(9-12-29)17-33-25(31)27-24-13-19(4)30(28-24)15-21-14-22(26)6-7-23(21)32-16-18(2)3/h6-7,13-14,18,20H,5,8-12,15-17,26H2,1-4H3,(H,27,28,31). The molecular formula is C25H39N5O3. The topological polar surface area (TPSA) is 94.6 Å². The van der Waals surface area contributed by atoms with Crippen LogP contribution < -0.4 is 15.8 Å². The molecule has 0 bridgehead atoms. The lowest BCUT2D eigenvalue weighted by Crippen LogP contribution is -2.36. The minimum atomic E-state index is -0.458. The van der Waals surface area contributed by atoms with Crippen LogP contribution in [0.2, 0.25) is 0 Å². The normalized spacial score (nSPS) is 15.1. The van der Waals surface area contributed by atoms with Gasteiger partial charge in [0, 0.05) is 23.0 Å².